The molecular weight excluding hydrogens is 423 g/mol. The first-order chi connectivity index (χ1) is 16.0. The molecular formula is C25H25FN4O3. The molecule has 0 aliphatic rings. The third-order valence-electron chi connectivity index (χ3n) is 4.85. The summed E-state index contributed by atoms with van der Waals surface area (Å²) in [6.07, 6.45) is 5.22. The van der Waals surface area contributed by atoms with E-state index >= 15 is 0 Å². The molecule has 2 N–H and O–H groups in total. The van der Waals surface area contributed by atoms with E-state index < -0.39 is 5.97 Å². The highest BCUT2D eigenvalue weighted by Gasteiger charge is 2.15. The Bertz CT molecular complexity index is 1150. The molecule has 0 aliphatic heterocycles. The predicted octanol–water partition coefficient (Wildman–Crippen LogP) is 3.78. The number of nitrogens with zero attached hydrogens (tertiary/aromatic N) is 2. The van der Waals surface area contributed by atoms with E-state index in [1.807, 2.05) is 12.1 Å². The molecule has 0 atom stereocenters. The van der Waals surface area contributed by atoms with E-state index in [-0.39, 0.29) is 11.7 Å². The van der Waals surface area contributed by atoms with E-state index in [0.29, 0.717) is 42.2 Å². The van der Waals surface area contributed by atoms with Gasteiger partial charge in [-0.2, -0.15) is 0 Å². The van der Waals surface area contributed by atoms with Crippen molar-refractivity contribution in [1.29, 1.82) is 0 Å². The van der Waals surface area contributed by atoms with Crippen LogP contribution in [0.3, 0.4) is 0 Å². The second kappa shape index (κ2) is 11.5. The number of pyridine rings is 2. The lowest BCUT2D eigenvalue weighted by Crippen LogP contribution is -2.25. The monoisotopic (exact) mass is 448 g/mol. The molecule has 0 radical (unpaired) electrons. The molecule has 0 saturated heterocycles. The van der Waals surface area contributed by atoms with Crippen LogP contribution in [-0.4, -0.2) is 35.5 Å². The highest BCUT2D eigenvalue weighted by molar-refractivity contribution is 5.99. The number of hydrogen-bond donors (Lipinski definition) is 2. The van der Waals surface area contributed by atoms with Gasteiger partial charge in [0.05, 0.1) is 18.4 Å². The van der Waals surface area contributed by atoms with Gasteiger partial charge in [-0.3, -0.25) is 9.78 Å². The first-order valence-corrected chi connectivity index (χ1v) is 10.4. The van der Waals surface area contributed by atoms with E-state index in [4.69, 9.17) is 0 Å². The first-order valence-electron chi connectivity index (χ1n) is 10.4. The van der Waals surface area contributed by atoms with Gasteiger partial charge in [0.25, 0.3) is 5.91 Å². The van der Waals surface area contributed by atoms with Crippen LogP contribution in [0.25, 0.3) is 5.57 Å². The van der Waals surface area contributed by atoms with Crippen LogP contribution < -0.4 is 10.6 Å². The van der Waals surface area contributed by atoms with Crippen LogP contribution in [-0.2, 0) is 22.5 Å². The zero-order chi connectivity index (χ0) is 23.6. The minimum absolute atomic E-state index is 0.299. The number of hydrogen-bond acceptors (Lipinski definition) is 6. The molecule has 0 unspecified atom stereocenters. The largest absolute Gasteiger partial charge is 0.466 e. The lowest BCUT2D eigenvalue weighted by Gasteiger charge is -2.14. The van der Waals surface area contributed by atoms with Gasteiger partial charge in [-0.15, -0.1) is 0 Å². The van der Waals surface area contributed by atoms with Crippen molar-refractivity contribution in [3.8, 4) is 0 Å². The molecule has 0 saturated carbocycles. The van der Waals surface area contributed by atoms with Gasteiger partial charge in [0, 0.05) is 31.6 Å². The Kier molecular flexibility index (Phi) is 8.24. The van der Waals surface area contributed by atoms with Gasteiger partial charge in [-0.05, 0) is 60.4 Å². The van der Waals surface area contributed by atoms with E-state index in [2.05, 4.69) is 25.3 Å². The molecule has 2 heterocycles. The number of esters is 1. The van der Waals surface area contributed by atoms with E-state index in [1.165, 1.54) is 25.3 Å². The summed E-state index contributed by atoms with van der Waals surface area (Å²) in [6, 6.07) is 13.3. The maximum atomic E-state index is 13.5. The molecule has 0 fully saturated rings. The predicted molar refractivity (Wildman–Crippen MR) is 124 cm³/mol. The summed E-state index contributed by atoms with van der Waals surface area (Å²) in [5, 5.41) is 6.04. The number of nitrogens with one attached hydrogen (secondary N) is 2. The summed E-state index contributed by atoms with van der Waals surface area (Å²) in [5.41, 5.74) is 3.17. The number of benzene rings is 1. The van der Waals surface area contributed by atoms with Crippen molar-refractivity contribution < 1.29 is 18.7 Å². The standard InChI is InChI=1S/C25H25FN4O3/c1-17(13-23(31)33-2)22-9-8-21(25(32)29-16-19-6-4-11-27-15-19)24(30-22)28-12-10-18-5-3-7-20(26)14-18/h3-9,11,13-15H,10,12,16H2,1-2H3,(H,28,30)(H,29,32). The van der Waals surface area contributed by atoms with Gasteiger partial charge < -0.3 is 15.4 Å². The number of amides is 1. The second-order valence-corrected chi connectivity index (χ2v) is 7.29. The Labute approximate surface area is 191 Å². The van der Waals surface area contributed by atoms with Crippen molar-refractivity contribution in [3.63, 3.8) is 0 Å². The SMILES string of the molecule is COC(=O)C=C(C)c1ccc(C(=O)NCc2cccnc2)c(NCCc2cccc(F)c2)n1. The van der Waals surface area contributed by atoms with Crippen molar-refractivity contribution >= 4 is 23.3 Å². The summed E-state index contributed by atoms with van der Waals surface area (Å²) >= 11 is 0. The zero-order valence-electron chi connectivity index (χ0n) is 18.5. The summed E-state index contributed by atoms with van der Waals surface area (Å²) in [7, 11) is 1.30. The fourth-order valence-corrected chi connectivity index (χ4v) is 3.10. The lowest BCUT2D eigenvalue weighted by molar-refractivity contribution is -0.134. The van der Waals surface area contributed by atoms with Crippen LogP contribution in [0, 0.1) is 5.82 Å². The quantitative estimate of drug-likeness (QED) is 0.382. The Hall–Kier alpha value is -4.07. The Balaban J connectivity index is 1.79. The third-order valence-corrected chi connectivity index (χ3v) is 4.85. The van der Waals surface area contributed by atoms with E-state index in [9.17, 15) is 14.0 Å². The number of carbonyl (C=O) groups excluding carboxylic acids is 2. The summed E-state index contributed by atoms with van der Waals surface area (Å²) in [6.45, 7) is 2.49. The van der Waals surface area contributed by atoms with Crippen LogP contribution in [0.4, 0.5) is 10.2 Å². The van der Waals surface area contributed by atoms with E-state index in [1.54, 1.807) is 43.6 Å². The highest BCUT2D eigenvalue weighted by atomic mass is 19.1. The normalized spacial score (nSPS) is 11.1. The molecule has 0 aliphatic carbocycles. The zero-order valence-corrected chi connectivity index (χ0v) is 18.5. The van der Waals surface area contributed by atoms with Crippen LogP contribution in [0.2, 0.25) is 0 Å². The average Bonchev–Trinajstić information content (AvgIpc) is 2.83. The number of halogens is 1. The molecule has 0 bridgehead atoms. The van der Waals surface area contributed by atoms with Gasteiger partial charge in [-0.25, -0.2) is 14.2 Å². The molecule has 8 heteroatoms. The van der Waals surface area contributed by atoms with Crippen molar-refractivity contribution in [3.05, 3.63) is 95.2 Å². The van der Waals surface area contributed by atoms with E-state index in [0.717, 1.165) is 11.1 Å². The van der Waals surface area contributed by atoms with Crippen molar-refractivity contribution in [2.75, 3.05) is 19.0 Å². The van der Waals surface area contributed by atoms with Crippen LogP contribution in [0.1, 0.15) is 34.1 Å². The van der Waals surface area contributed by atoms with Crippen molar-refractivity contribution in [2.24, 2.45) is 0 Å². The van der Waals surface area contributed by atoms with Crippen LogP contribution >= 0.6 is 0 Å². The highest BCUT2D eigenvalue weighted by Crippen LogP contribution is 2.19. The number of allylic oxidation sites excluding steroid dienone is 1. The van der Waals surface area contributed by atoms with Gasteiger partial charge >= 0.3 is 5.97 Å². The minimum Gasteiger partial charge on any atom is -0.466 e. The average molecular weight is 448 g/mol. The smallest absolute Gasteiger partial charge is 0.330 e. The molecule has 1 aromatic carbocycles. The van der Waals surface area contributed by atoms with Crippen LogP contribution in [0.5, 0.6) is 0 Å². The van der Waals surface area contributed by atoms with Gasteiger partial charge in [0.2, 0.25) is 0 Å². The van der Waals surface area contributed by atoms with Crippen molar-refractivity contribution in [1.82, 2.24) is 15.3 Å². The number of ether oxygens (including phenoxy) is 1. The molecule has 3 aromatic rings. The van der Waals surface area contributed by atoms with Gasteiger partial charge in [0.15, 0.2) is 0 Å². The number of aromatic nitrogens is 2. The van der Waals surface area contributed by atoms with Gasteiger partial charge in [-0.1, -0.05) is 18.2 Å². The number of methoxy groups -OCH3 is 1. The lowest BCUT2D eigenvalue weighted by atomic mass is 10.1. The maximum absolute atomic E-state index is 13.5. The topological polar surface area (TPSA) is 93.2 Å². The molecule has 3 rings (SSSR count). The Morgan fingerprint density at radius 1 is 1.12 bits per heavy atom. The molecule has 7 nitrogen and oxygen atoms in total. The summed E-state index contributed by atoms with van der Waals surface area (Å²) in [4.78, 5) is 33.1. The summed E-state index contributed by atoms with van der Waals surface area (Å²) in [5.74, 6) is -0.731. The molecule has 33 heavy (non-hydrogen) atoms. The minimum atomic E-state index is -0.492. The third kappa shape index (κ3) is 6.96. The Morgan fingerprint density at radius 3 is 2.67 bits per heavy atom. The molecule has 170 valence electrons. The Morgan fingerprint density at radius 2 is 1.94 bits per heavy atom. The fraction of sp³-hybridized carbons (Fsp3) is 0.200. The fourth-order valence-electron chi connectivity index (χ4n) is 3.10. The maximum Gasteiger partial charge on any atom is 0.330 e. The molecule has 0 spiro atoms. The second-order valence-electron chi connectivity index (χ2n) is 7.29. The molecule has 2 aromatic heterocycles. The van der Waals surface area contributed by atoms with Crippen LogP contribution in [0.15, 0.2) is 67.0 Å². The summed E-state index contributed by atoms with van der Waals surface area (Å²) < 4.78 is 18.1. The number of carbonyl (C=O) groups is 2. The van der Waals surface area contributed by atoms with Crippen molar-refractivity contribution in [2.45, 2.75) is 19.9 Å². The van der Waals surface area contributed by atoms with Gasteiger partial charge in [0.1, 0.15) is 11.6 Å². The number of anilines is 1. The number of rotatable bonds is 9. The molecule has 1 amide bonds. The first kappa shape index (κ1) is 23.6.